The van der Waals surface area contributed by atoms with Crippen molar-refractivity contribution in [1.29, 1.82) is 0 Å². The average Bonchev–Trinajstić information content (AvgIpc) is 2.74. The van der Waals surface area contributed by atoms with Crippen molar-refractivity contribution in [2.24, 2.45) is 0 Å². The summed E-state index contributed by atoms with van der Waals surface area (Å²) < 4.78 is 10.8. The van der Waals surface area contributed by atoms with Crippen LogP contribution < -0.4 is 4.74 Å². The predicted molar refractivity (Wildman–Crippen MR) is 109 cm³/mol. The highest BCUT2D eigenvalue weighted by Crippen LogP contribution is 2.25. The zero-order valence-electron chi connectivity index (χ0n) is 16.3. The number of nitrogens with zero attached hydrogens (tertiary/aromatic N) is 2. The number of piperazine rings is 1. The molecule has 29 heavy (non-hydrogen) atoms. The molecule has 152 valence electrons. The van der Waals surface area contributed by atoms with Gasteiger partial charge in [0.15, 0.2) is 6.10 Å². The van der Waals surface area contributed by atoms with Gasteiger partial charge in [-0.25, -0.2) is 4.79 Å². The summed E-state index contributed by atoms with van der Waals surface area (Å²) in [4.78, 5) is 29.2. The number of ether oxygens (including phenoxy) is 2. The van der Waals surface area contributed by atoms with Crippen LogP contribution in [0.15, 0.2) is 42.5 Å². The fourth-order valence-electron chi connectivity index (χ4n) is 3.91. The molecule has 7 heteroatoms. The smallest absolute Gasteiger partial charge is 0.339 e. The molecule has 0 aromatic heterocycles. The molecule has 1 fully saturated rings. The van der Waals surface area contributed by atoms with Crippen LogP contribution in [0.4, 0.5) is 0 Å². The second-order valence-electron chi connectivity index (χ2n) is 7.31. The Hall–Kier alpha value is -2.57. The first kappa shape index (κ1) is 19.7. The highest BCUT2D eigenvalue weighted by Gasteiger charge is 2.34. The third-order valence-electron chi connectivity index (χ3n) is 5.49. The molecule has 0 saturated carbocycles. The third kappa shape index (κ3) is 4.23. The summed E-state index contributed by atoms with van der Waals surface area (Å²) in [6.07, 6.45) is -0.308. The molecule has 2 aliphatic heterocycles. The largest absolute Gasteiger partial charge is 0.496 e. The summed E-state index contributed by atoms with van der Waals surface area (Å²) in [7, 11) is 1.65. The number of halogens is 1. The van der Waals surface area contributed by atoms with Crippen LogP contribution in [-0.2, 0) is 22.5 Å². The van der Waals surface area contributed by atoms with Gasteiger partial charge in [-0.05, 0) is 29.8 Å². The summed E-state index contributed by atoms with van der Waals surface area (Å²) in [6, 6.07) is 12.9. The monoisotopic (exact) mass is 414 g/mol. The van der Waals surface area contributed by atoms with Gasteiger partial charge in [0.2, 0.25) is 0 Å². The van der Waals surface area contributed by atoms with Crippen molar-refractivity contribution in [3.8, 4) is 5.75 Å². The van der Waals surface area contributed by atoms with Gasteiger partial charge in [0.05, 0.1) is 12.7 Å². The van der Waals surface area contributed by atoms with E-state index in [1.807, 2.05) is 30.3 Å². The topological polar surface area (TPSA) is 59.1 Å². The Bertz CT molecular complexity index is 925. The fourth-order valence-corrected chi connectivity index (χ4v) is 4.11. The number of amides is 1. The summed E-state index contributed by atoms with van der Waals surface area (Å²) in [5.41, 5.74) is 2.45. The maximum absolute atomic E-state index is 12.9. The van der Waals surface area contributed by atoms with Crippen molar-refractivity contribution < 1.29 is 19.1 Å². The summed E-state index contributed by atoms with van der Waals surface area (Å²) in [5.74, 6) is 0.269. The van der Waals surface area contributed by atoms with Crippen LogP contribution in [0.5, 0.6) is 5.75 Å². The number of hydrogen-bond acceptors (Lipinski definition) is 5. The number of hydrogen-bond donors (Lipinski definition) is 0. The highest BCUT2D eigenvalue weighted by molar-refractivity contribution is 6.30. The van der Waals surface area contributed by atoms with E-state index in [0.717, 1.165) is 30.0 Å². The Morgan fingerprint density at radius 2 is 1.93 bits per heavy atom. The Balaban J connectivity index is 1.36. The quantitative estimate of drug-likeness (QED) is 0.720. The van der Waals surface area contributed by atoms with Gasteiger partial charge < -0.3 is 14.4 Å². The van der Waals surface area contributed by atoms with Gasteiger partial charge in [0.1, 0.15) is 5.75 Å². The molecule has 2 aromatic carbocycles. The molecule has 0 N–H and O–H groups in total. The third-order valence-corrected chi connectivity index (χ3v) is 5.72. The molecule has 1 atom stereocenters. The Morgan fingerprint density at radius 1 is 1.17 bits per heavy atom. The standard InChI is InChI=1S/C22H23ClN2O4/c1-28-19-7-6-17(23)12-16(19)14-24-8-10-25(11-9-24)21(26)20-13-15-4-2-3-5-18(15)22(27)29-20/h2-7,12,20H,8-11,13-14H2,1H3/t20-/m0/s1. The van der Waals surface area contributed by atoms with E-state index in [0.29, 0.717) is 36.6 Å². The van der Waals surface area contributed by atoms with Crippen LogP contribution in [0.2, 0.25) is 5.02 Å². The van der Waals surface area contributed by atoms with Crippen molar-refractivity contribution in [3.63, 3.8) is 0 Å². The zero-order chi connectivity index (χ0) is 20.4. The molecule has 6 nitrogen and oxygen atoms in total. The van der Waals surface area contributed by atoms with Crippen molar-refractivity contribution >= 4 is 23.5 Å². The first-order valence-corrected chi connectivity index (χ1v) is 10.1. The molecule has 4 rings (SSSR count). The lowest BCUT2D eigenvalue weighted by atomic mass is 9.98. The first-order chi connectivity index (χ1) is 14.0. The number of fused-ring (bicyclic) bond motifs is 1. The van der Waals surface area contributed by atoms with Crippen molar-refractivity contribution in [1.82, 2.24) is 9.80 Å². The van der Waals surface area contributed by atoms with Crippen molar-refractivity contribution in [3.05, 3.63) is 64.2 Å². The van der Waals surface area contributed by atoms with Crippen LogP contribution in [0.25, 0.3) is 0 Å². The SMILES string of the molecule is COc1ccc(Cl)cc1CN1CCN(C(=O)[C@@H]2Cc3ccccc3C(=O)O2)CC1. The zero-order valence-corrected chi connectivity index (χ0v) is 17.0. The molecule has 0 radical (unpaired) electrons. The second-order valence-corrected chi connectivity index (χ2v) is 7.75. The summed E-state index contributed by atoms with van der Waals surface area (Å²) in [6.45, 7) is 3.36. The average molecular weight is 415 g/mol. The maximum Gasteiger partial charge on any atom is 0.339 e. The normalized spacial score (nSPS) is 19.4. The Labute approximate surface area is 174 Å². The minimum Gasteiger partial charge on any atom is -0.496 e. The maximum atomic E-state index is 12.9. The van der Waals surface area contributed by atoms with Crippen LogP contribution in [0, 0.1) is 0 Å². The van der Waals surface area contributed by atoms with Gasteiger partial charge in [-0.2, -0.15) is 0 Å². The number of carbonyl (C=O) groups excluding carboxylic acids is 2. The lowest BCUT2D eigenvalue weighted by Crippen LogP contribution is -2.52. The fraction of sp³-hybridized carbons (Fsp3) is 0.364. The van der Waals surface area contributed by atoms with Crippen molar-refractivity contribution in [2.75, 3.05) is 33.3 Å². The molecule has 0 aliphatic carbocycles. The summed E-state index contributed by atoms with van der Waals surface area (Å²) in [5, 5.41) is 0.675. The molecule has 1 amide bonds. The van der Waals surface area contributed by atoms with Crippen LogP contribution in [-0.4, -0.2) is 61.1 Å². The van der Waals surface area contributed by atoms with Crippen molar-refractivity contribution in [2.45, 2.75) is 19.1 Å². The number of cyclic esters (lactones) is 1. The first-order valence-electron chi connectivity index (χ1n) is 9.67. The molecule has 2 aromatic rings. The number of rotatable bonds is 4. The molecule has 1 saturated heterocycles. The van der Waals surface area contributed by atoms with E-state index in [4.69, 9.17) is 21.1 Å². The van der Waals surface area contributed by atoms with Gasteiger partial charge in [0, 0.05) is 49.7 Å². The van der Waals surface area contributed by atoms with E-state index >= 15 is 0 Å². The van der Waals surface area contributed by atoms with E-state index in [1.54, 1.807) is 24.1 Å². The molecular weight excluding hydrogens is 392 g/mol. The lowest BCUT2D eigenvalue weighted by Gasteiger charge is -2.37. The minimum atomic E-state index is -0.739. The molecule has 2 heterocycles. The summed E-state index contributed by atoms with van der Waals surface area (Å²) >= 11 is 6.12. The van der Waals surface area contributed by atoms with E-state index in [-0.39, 0.29) is 5.91 Å². The van der Waals surface area contributed by atoms with Gasteiger partial charge in [0.25, 0.3) is 5.91 Å². The molecule has 0 unspecified atom stereocenters. The number of carbonyl (C=O) groups is 2. The second kappa shape index (κ2) is 8.43. The molecular formula is C22H23ClN2O4. The van der Waals surface area contributed by atoms with Crippen LogP contribution in [0.1, 0.15) is 21.5 Å². The van der Waals surface area contributed by atoms with Gasteiger partial charge >= 0.3 is 5.97 Å². The lowest BCUT2D eigenvalue weighted by molar-refractivity contribution is -0.142. The molecule has 2 aliphatic rings. The van der Waals surface area contributed by atoms with E-state index < -0.39 is 12.1 Å². The van der Waals surface area contributed by atoms with E-state index in [2.05, 4.69) is 4.90 Å². The highest BCUT2D eigenvalue weighted by atomic mass is 35.5. The predicted octanol–water partition coefficient (Wildman–Crippen LogP) is 2.77. The molecule has 0 bridgehead atoms. The Kier molecular flexibility index (Phi) is 5.74. The van der Waals surface area contributed by atoms with Gasteiger partial charge in [-0.3, -0.25) is 9.69 Å². The minimum absolute atomic E-state index is 0.118. The van der Waals surface area contributed by atoms with Gasteiger partial charge in [-0.1, -0.05) is 29.8 Å². The number of esters is 1. The van der Waals surface area contributed by atoms with E-state index in [1.165, 1.54) is 0 Å². The van der Waals surface area contributed by atoms with Crippen LogP contribution in [0.3, 0.4) is 0 Å². The van der Waals surface area contributed by atoms with Crippen LogP contribution >= 0.6 is 11.6 Å². The number of benzene rings is 2. The number of methoxy groups -OCH3 is 1. The van der Waals surface area contributed by atoms with Gasteiger partial charge in [-0.15, -0.1) is 0 Å². The molecule has 0 spiro atoms. The Morgan fingerprint density at radius 3 is 2.69 bits per heavy atom. The van der Waals surface area contributed by atoms with E-state index in [9.17, 15) is 9.59 Å².